The highest BCUT2D eigenvalue weighted by molar-refractivity contribution is 5.84. The van der Waals surface area contributed by atoms with Crippen molar-refractivity contribution in [3.8, 4) is 0 Å². The fraction of sp³-hybridized carbons (Fsp3) is 0.833. The van der Waals surface area contributed by atoms with Gasteiger partial charge >= 0.3 is 0 Å². The molecule has 0 saturated carbocycles. The Morgan fingerprint density at radius 2 is 1.75 bits per heavy atom. The summed E-state index contributed by atoms with van der Waals surface area (Å²) in [6, 6.07) is 0. The van der Waals surface area contributed by atoms with E-state index in [0.717, 1.165) is 0 Å². The molecular weight excluding hydrogens is 204 g/mol. The molecule has 0 bridgehead atoms. The third-order valence-corrected chi connectivity index (χ3v) is 2.12. The van der Waals surface area contributed by atoms with E-state index in [1.807, 2.05) is 34.6 Å². The molecule has 94 valence electrons. The molecule has 2 amide bonds. The quantitative estimate of drug-likeness (QED) is 0.773. The molecule has 0 aliphatic rings. The van der Waals surface area contributed by atoms with Gasteiger partial charge in [-0.25, -0.2) is 0 Å². The predicted octanol–water partition coefficient (Wildman–Crippen LogP) is 1.41. The first-order valence-electron chi connectivity index (χ1n) is 5.84. The average Bonchev–Trinajstić information content (AvgIpc) is 2.11. The van der Waals surface area contributed by atoms with Gasteiger partial charge in [0, 0.05) is 19.5 Å². The fourth-order valence-corrected chi connectivity index (χ4v) is 1.37. The number of hydrogen-bond acceptors (Lipinski definition) is 2. The Morgan fingerprint density at radius 1 is 1.19 bits per heavy atom. The molecule has 4 nitrogen and oxygen atoms in total. The Morgan fingerprint density at radius 3 is 2.12 bits per heavy atom. The maximum atomic E-state index is 11.9. The molecule has 0 spiro atoms. The molecule has 0 rings (SSSR count). The van der Waals surface area contributed by atoms with Crippen LogP contribution in [0.4, 0.5) is 0 Å². The standard InChI is InChI=1S/C12H24N2O2/c1-6-13-10(15)9-14(7-2)11(16)8-12(3,4)5/h6-9H2,1-5H3,(H,13,15). The molecule has 0 atom stereocenters. The van der Waals surface area contributed by atoms with Gasteiger partial charge in [0.05, 0.1) is 6.54 Å². The van der Waals surface area contributed by atoms with Gasteiger partial charge < -0.3 is 10.2 Å². The second-order valence-corrected chi connectivity index (χ2v) is 5.10. The monoisotopic (exact) mass is 228 g/mol. The average molecular weight is 228 g/mol. The summed E-state index contributed by atoms with van der Waals surface area (Å²) < 4.78 is 0. The zero-order chi connectivity index (χ0) is 12.8. The van der Waals surface area contributed by atoms with Crippen molar-refractivity contribution in [1.82, 2.24) is 10.2 Å². The Labute approximate surface area is 98.4 Å². The lowest BCUT2D eigenvalue weighted by atomic mass is 9.91. The summed E-state index contributed by atoms with van der Waals surface area (Å²) in [5.41, 5.74) is -0.0360. The van der Waals surface area contributed by atoms with Crippen LogP contribution in [0.1, 0.15) is 41.0 Å². The van der Waals surface area contributed by atoms with Gasteiger partial charge in [-0.3, -0.25) is 9.59 Å². The van der Waals surface area contributed by atoms with Crippen molar-refractivity contribution in [2.75, 3.05) is 19.6 Å². The Kier molecular flexibility index (Phi) is 6.08. The maximum Gasteiger partial charge on any atom is 0.239 e. The number of nitrogens with zero attached hydrogens (tertiary/aromatic N) is 1. The second kappa shape index (κ2) is 6.51. The van der Waals surface area contributed by atoms with Crippen molar-refractivity contribution in [2.24, 2.45) is 5.41 Å². The zero-order valence-corrected chi connectivity index (χ0v) is 11.1. The van der Waals surface area contributed by atoms with E-state index in [2.05, 4.69) is 5.32 Å². The van der Waals surface area contributed by atoms with Gasteiger partial charge in [0.1, 0.15) is 0 Å². The summed E-state index contributed by atoms with van der Waals surface area (Å²) >= 11 is 0. The Bertz CT molecular complexity index is 244. The number of likely N-dealkylation sites (N-methyl/N-ethyl adjacent to an activating group) is 2. The highest BCUT2D eigenvalue weighted by Crippen LogP contribution is 2.19. The fourth-order valence-electron chi connectivity index (χ4n) is 1.37. The molecule has 0 aliphatic heterocycles. The van der Waals surface area contributed by atoms with E-state index in [1.165, 1.54) is 0 Å². The number of amides is 2. The van der Waals surface area contributed by atoms with E-state index < -0.39 is 0 Å². The first kappa shape index (κ1) is 14.9. The SMILES string of the molecule is CCNC(=O)CN(CC)C(=O)CC(C)(C)C. The topological polar surface area (TPSA) is 49.4 Å². The summed E-state index contributed by atoms with van der Waals surface area (Å²) in [6.45, 7) is 11.2. The maximum absolute atomic E-state index is 11.9. The minimum absolute atomic E-state index is 0.0360. The summed E-state index contributed by atoms with van der Waals surface area (Å²) in [4.78, 5) is 24.8. The number of carbonyl (C=O) groups is 2. The minimum Gasteiger partial charge on any atom is -0.355 e. The van der Waals surface area contributed by atoms with Crippen LogP contribution in [0.3, 0.4) is 0 Å². The van der Waals surface area contributed by atoms with Crippen molar-refractivity contribution in [1.29, 1.82) is 0 Å². The molecule has 16 heavy (non-hydrogen) atoms. The molecule has 0 aromatic carbocycles. The Hall–Kier alpha value is -1.06. The normalized spacial score (nSPS) is 11.1. The molecule has 0 heterocycles. The molecule has 0 fully saturated rings. The number of nitrogens with one attached hydrogen (secondary N) is 1. The van der Waals surface area contributed by atoms with Gasteiger partial charge in [-0.05, 0) is 19.3 Å². The molecule has 0 radical (unpaired) electrons. The van der Waals surface area contributed by atoms with Crippen LogP contribution < -0.4 is 5.32 Å². The van der Waals surface area contributed by atoms with Crippen LogP contribution in [-0.4, -0.2) is 36.3 Å². The number of rotatable bonds is 5. The number of hydrogen-bond donors (Lipinski definition) is 1. The largest absolute Gasteiger partial charge is 0.355 e. The van der Waals surface area contributed by atoms with Gasteiger partial charge in [-0.2, -0.15) is 0 Å². The van der Waals surface area contributed by atoms with Gasteiger partial charge in [0.2, 0.25) is 11.8 Å². The highest BCUT2D eigenvalue weighted by atomic mass is 16.2. The second-order valence-electron chi connectivity index (χ2n) is 5.10. The summed E-state index contributed by atoms with van der Waals surface area (Å²) in [6.07, 6.45) is 0.472. The van der Waals surface area contributed by atoms with Gasteiger partial charge in [-0.15, -0.1) is 0 Å². The summed E-state index contributed by atoms with van der Waals surface area (Å²) in [5.74, 6) is -0.0483. The van der Waals surface area contributed by atoms with Crippen LogP contribution in [0.15, 0.2) is 0 Å². The molecule has 4 heteroatoms. The molecule has 0 aromatic heterocycles. The van der Waals surface area contributed by atoms with Gasteiger partial charge in [0.25, 0.3) is 0 Å². The third-order valence-electron chi connectivity index (χ3n) is 2.12. The van der Waals surface area contributed by atoms with Crippen molar-refractivity contribution >= 4 is 11.8 Å². The molecule has 0 aromatic rings. The van der Waals surface area contributed by atoms with Crippen LogP contribution in [-0.2, 0) is 9.59 Å². The van der Waals surface area contributed by atoms with Crippen LogP contribution in [0.5, 0.6) is 0 Å². The first-order valence-corrected chi connectivity index (χ1v) is 5.84. The van der Waals surface area contributed by atoms with Crippen LogP contribution >= 0.6 is 0 Å². The van der Waals surface area contributed by atoms with E-state index in [-0.39, 0.29) is 23.8 Å². The highest BCUT2D eigenvalue weighted by Gasteiger charge is 2.21. The molecule has 1 N–H and O–H groups in total. The zero-order valence-electron chi connectivity index (χ0n) is 11.1. The molecular formula is C12H24N2O2. The summed E-state index contributed by atoms with van der Waals surface area (Å²) in [5, 5.41) is 2.70. The first-order chi connectivity index (χ1) is 7.30. The van der Waals surface area contributed by atoms with Crippen LogP contribution in [0.2, 0.25) is 0 Å². The molecule has 0 saturated heterocycles. The van der Waals surface area contributed by atoms with Crippen molar-refractivity contribution in [3.05, 3.63) is 0 Å². The minimum atomic E-state index is -0.0911. The predicted molar refractivity (Wildman–Crippen MR) is 65.0 cm³/mol. The van der Waals surface area contributed by atoms with Crippen molar-refractivity contribution in [3.63, 3.8) is 0 Å². The van der Waals surface area contributed by atoms with E-state index in [9.17, 15) is 9.59 Å². The van der Waals surface area contributed by atoms with E-state index >= 15 is 0 Å². The molecule has 0 unspecified atom stereocenters. The molecule has 0 aliphatic carbocycles. The lowest BCUT2D eigenvalue weighted by Gasteiger charge is -2.25. The number of carbonyl (C=O) groups excluding carboxylic acids is 2. The van der Waals surface area contributed by atoms with Crippen LogP contribution in [0, 0.1) is 5.41 Å². The third kappa shape index (κ3) is 6.43. The van der Waals surface area contributed by atoms with Gasteiger partial charge in [0.15, 0.2) is 0 Å². The van der Waals surface area contributed by atoms with E-state index in [4.69, 9.17) is 0 Å². The summed E-state index contributed by atoms with van der Waals surface area (Å²) in [7, 11) is 0. The van der Waals surface area contributed by atoms with E-state index in [0.29, 0.717) is 19.5 Å². The van der Waals surface area contributed by atoms with Crippen molar-refractivity contribution < 1.29 is 9.59 Å². The van der Waals surface area contributed by atoms with E-state index in [1.54, 1.807) is 4.90 Å². The smallest absolute Gasteiger partial charge is 0.239 e. The lowest BCUT2D eigenvalue weighted by Crippen LogP contribution is -2.41. The van der Waals surface area contributed by atoms with Gasteiger partial charge in [-0.1, -0.05) is 20.8 Å². The van der Waals surface area contributed by atoms with Crippen molar-refractivity contribution in [2.45, 2.75) is 41.0 Å². The lowest BCUT2D eigenvalue weighted by molar-refractivity contribution is -0.137. The van der Waals surface area contributed by atoms with Crippen LogP contribution in [0.25, 0.3) is 0 Å². The Balaban J connectivity index is 4.27.